The first-order valence-electron chi connectivity index (χ1n) is 23.2. The zero-order valence-electron chi connectivity index (χ0n) is 37.5. The number of unbranched alkanes of at least 4 members (excludes halogenated alkanes) is 2. The van der Waals surface area contributed by atoms with E-state index in [1.165, 1.54) is 10.4 Å². The lowest BCUT2D eigenvalue weighted by atomic mass is 10.3. The second-order valence-electron chi connectivity index (χ2n) is 16.8. The Kier molecular flexibility index (Phi) is 14.2. The second kappa shape index (κ2) is 20.9. The molecule has 9 rings (SSSR count). The average Bonchev–Trinajstić information content (AvgIpc) is 3.41. The molecule has 0 saturated heterocycles. The average molecular weight is 925 g/mol. The van der Waals surface area contributed by atoms with Crippen LogP contribution in [0.15, 0.2) is 273 Å². The van der Waals surface area contributed by atoms with E-state index in [1.54, 1.807) is 0 Å². The highest BCUT2D eigenvalue weighted by Crippen LogP contribution is 2.29. The van der Waals surface area contributed by atoms with Crippen LogP contribution in [0.2, 0.25) is 6.04 Å². The van der Waals surface area contributed by atoms with Gasteiger partial charge < -0.3 is 12.3 Å². The Morgan fingerprint density at radius 3 is 0.773 bits per heavy atom. The summed E-state index contributed by atoms with van der Waals surface area (Å²) < 4.78 is 26.5. The van der Waals surface area contributed by atoms with E-state index < -0.39 is 33.8 Å². The summed E-state index contributed by atoms with van der Waals surface area (Å²) in [5.74, 6) is 0. The molecule has 0 aliphatic carbocycles. The SMILES string of the molecule is CCCCC[Si](O[Si](O[Si](O[Si](c1ccccc1)(c1ccccc1)c1ccccc1)(c1ccccc1)c1ccccc1)(c1ccccc1)c1ccccc1)(c1ccccc1)c1ccccc1. The fourth-order valence-electron chi connectivity index (χ4n) is 9.50. The predicted molar refractivity (Wildman–Crippen MR) is 285 cm³/mol. The highest BCUT2D eigenvalue weighted by Gasteiger charge is 2.61. The third-order valence-electron chi connectivity index (χ3n) is 12.7. The van der Waals surface area contributed by atoms with Gasteiger partial charge in [0, 0.05) is 0 Å². The van der Waals surface area contributed by atoms with Crippen molar-refractivity contribution in [2.24, 2.45) is 0 Å². The molecular weight excluding hydrogens is 869 g/mol. The Balaban J connectivity index is 1.44. The summed E-state index contributed by atoms with van der Waals surface area (Å²) in [5.41, 5.74) is 0. The van der Waals surface area contributed by atoms with E-state index in [9.17, 15) is 0 Å². The maximum Gasteiger partial charge on any atom is 0.389 e. The monoisotopic (exact) mass is 924 g/mol. The molecule has 0 aromatic heterocycles. The van der Waals surface area contributed by atoms with E-state index in [0.29, 0.717) is 0 Å². The predicted octanol–water partition coefficient (Wildman–Crippen LogP) is 8.17. The van der Waals surface area contributed by atoms with Crippen LogP contribution in [0.4, 0.5) is 0 Å². The topological polar surface area (TPSA) is 27.7 Å². The third-order valence-corrected chi connectivity index (χ3v) is 31.3. The van der Waals surface area contributed by atoms with Gasteiger partial charge in [0.15, 0.2) is 0 Å². The summed E-state index contributed by atoms with van der Waals surface area (Å²) >= 11 is 0. The summed E-state index contributed by atoms with van der Waals surface area (Å²) in [5, 5.41) is 9.98. The van der Waals surface area contributed by atoms with Gasteiger partial charge in [-0.05, 0) is 52.7 Å². The number of benzene rings is 9. The maximum atomic E-state index is 8.90. The highest BCUT2D eigenvalue weighted by molar-refractivity contribution is 7.16. The van der Waals surface area contributed by atoms with Crippen LogP contribution in [0.5, 0.6) is 0 Å². The van der Waals surface area contributed by atoms with Gasteiger partial charge in [-0.15, -0.1) is 0 Å². The lowest BCUT2D eigenvalue weighted by Gasteiger charge is -2.49. The first kappa shape index (κ1) is 44.9. The van der Waals surface area contributed by atoms with Gasteiger partial charge in [-0.2, -0.15) is 0 Å². The van der Waals surface area contributed by atoms with Crippen LogP contribution in [0.3, 0.4) is 0 Å². The van der Waals surface area contributed by atoms with Gasteiger partial charge in [-0.1, -0.05) is 299 Å². The van der Waals surface area contributed by atoms with Crippen LogP contribution in [-0.4, -0.2) is 33.8 Å². The van der Waals surface area contributed by atoms with Gasteiger partial charge in [0.05, 0.1) is 0 Å². The zero-order valence-corrected chi connectivity index (χ0v) is 41.5. The Morgan fingerprint density at radius 2 is 0.500 bits per heavy atom. The maximum absolute atomic E-state index is 8.90. The molecule has 0 bridgehead atoms. The molecule has 0 spiro atoms. The molecule has 326 valence electrons. The van der Waals surface area contributed by atoms with Crippen LogP contribution in [0, 0.1) is 0 Å². The van der Waals surface area contributed by atoms with Gasteiger partial charge >= 0.3 is 17.1 Å². The number of rotatable bonds is 19. The van der Waals surface area contributed by atoms with E-state index >= 15 is 0 Å². The second-order valence-corrected chi connectivity index (χ2v) is 30.4. The van der Waals surface area contributed by atoms with Crippen molar-refractivity contribution in [1.29, 1.82) is 0 Å². The Hall–Kier alpha value is -6.27. The van der Waals surface area contributed by atoms with Crippen molar-refractivity contribution in [3.8, 4) is 0 Å². The van der Waals surface area contributed by atoms with Crippen molar-refractivity contribution in [2.45, 2.75) is 32.2 Å². The van der Waals surface area contributed by atoms with E-state index in [4.69, 9.17) is 12.3 Å². The normalized spacial score (nSPS) is 12.1. The molecular formula is C59H56O3Si4. The molecule has 3 nitrogen and oxygen atoms in total. The van der Waals surface area contributed by atoms with Crippen molar-refractivity contribution < 1.29 is 12.3 Å². The molecule has 0 atom stereocenters. The molecule has 0 heterocycles. The largest absolute Gasteiger partial charge is 0.422 e. The van der Waals surface area contributed by atoms with E-state index in [2.05, 4.69) is 280 Å². The van der Waals surface area contributed by atoms with Crippen LogP contribution in [-0.2, 0) is 12.3 Å². The molecule has 0 N–H and O–H groups in total. The number of hydrogen-bond donors (Lipinski definition) is 0. The van der Waals surface area contributed by atoms with Gasteiger partial charge in [-0.3, -0.25) is 0 Å². The molecule has 0 aliphatic heterocycles. The highest BCUT2D eigenvalue weighted by atomic mass is 28.5. The molecule has 0 fully saturated rings. The third kappa shape index (κ3) is 8.99. The van der Waals surface area contributed by atoms with Crippen LogP contribution >= 0.6 is 0 Å². The van der Waals surface area contributed by atoms with Crippen molar-refractivity contribution in [3.63, 3.8) is 0 Å². The fourth-order valence-corrected chi connectivity index (χ4v) is 31.7. The summed E-state index contributed by atoms with van der Waals surface area (Å²) in [4.78, 5) is 0. The Labute approximate surface area is 395 Å². The smallest absolute Gasteiger partial charge is 0.389 e. The molecule has 0 amide bonds. The summed E-state index contributed by atoms with van der Waals surface area (Å²) in [7, 11) is -14.8. The molecule has 66 heavy (non-hydrogen) atoms. The fraction of sp³-hybridized carbons (Fsp3) is 0.0847. The minimum Gasteiger partial charge on any atom is -0.422 e. The molecule has 0 unspecified atom stereocenters. The summed E-state index contributed by atoms with van der Waals surface area (Å²) in [6.45, 7) is 2.28. The molecule has 0 aliphatic rings. The van der Waals surface area contributed by atoms with Gasteiger partial charge in [0.2, 0.25) is 8.32 Å². The minimum atomic E-state index is -4.05. The van der Waals surface area contributed by atoms with E-state index in [1.807, 2.05) is 0 Å². The molecule has 9 aromatic carbocycles. The van der Waals surface area contributed by atoms with Crippen molar-refractivity contribution in [3.05, 3.63) is 273 Å². The van der Waals surface area contributed by atoms with Crippen molar-refractivity contribution >= 4 is 80.4 Å². The van der Waals surface area contributed by atoms with Crippen LogP contribution in [0.25, 0.3) is 0 Å². The van der Waals surface area contributed by atoms with Crippen molar-refractivity contribution in [1.82, 2.24) is 0 Å². The molecule has 9 aromatic rings. The van der Waals surface area contributed by atoms with Gasteiger partial charge in [0.1, 0.15) is 0 Å². The standard InChI is InChI=1S/C59H56O3Si4/c1-2-3-31-50-63(51-32-13-4-14-33-51,52-34-15-5-16-35-52)60-65(56-42-23-9-24-43-56,57-44-25-10-26-45-57)62-66(58-46-27-11-28-47-58,59-48-29-12-30-49-59)61-64(53-36-17-6-18-37-53,54-38-19-7-20-39-54)55-40-21-8-22-41-55/h4-30,32-49H,2-3,31,50H2,1H3. The molecule has 7 heteroatoms. The zero-order chi connectivity index (χ0) is 45.0. The quantitative estimate of drug-likeness (QED) is 0.0466. The Bertz CT molecular complexity index is 2610. The van der Waals surface area contributed by atoms with Gasteiger partial charge in [-0.25, -0.2) is 0 Å². The lowest BCUT2D eigenvalue weighted by molar-refractivity contribution is 0.360. The summed E-state index contributed by atoms with van der Waals surface area (Å²) in [6, 6.07) is 99.1. The molecule has 0 saturated carbocycles. The Morgan fingerprint density at radius 1 is 0.258 bits per heavy atom. The van der Waals surface area contributed by atoms with Crippen LogP contribution < -0.4 is 46.7 Å². The first-order valence-corrected chi connectivity index (χ1v) is 30.9. The van der Waals surface area contributed by atoms with Crippen LogP contribution in [0.1, 0.15) is 26.2 Å². The van der Waals surface area contributed by atoms with E-state index in [0.717, 1.165) is 61.6 Å². The van der Waals surface area contributed by atoms with Gasteiger partial charge in [0.25, 0.3) is 8.32 Å². The first-order chi connectivity index (χ1) is 32.6. The van der Waals surface area contributed by atoms with E-state index in [-0.39, 0.29) is 0 Å². The molecule has 0 radical (unpaired) electrons. The minimum absolute atomic E-state index is 0.884. The number of hydrogen-bond acceptors (Lipinski definition) is 3. The lowest BCUT2D eigenvalue weighted by Crippen LogP contribution is -2.83. The van der Waals surface area contributed by atoms with Crippen molar-refractivity contribution in [2.75, 3.05) is 0 Å². The summed E-state index contributed by atoms with van der Waals surface area (Å²) in [6.07, 6.45) is 3.21.